The summed E-state index contributed by atoms with van der Waals surface area (Å²) in [4.78, 5) is 12.3. The Morgan fingerprint density at radius 3 is 2.57 bits per heavy atom. The maximum absolute atomic E-state index is 14.0. The number of hydrogen-bond donors (Lipinski definition) is 1. The molecule has 1 amide bonds. The van der Waals surface area contributed by atoms with Gasteiger partial charge in [0.15, 0.2) is 0 Å². The molecule has 1 N–H and O–H groups in total. The van der Waals surface area contributed by atoms with Crippen molar-refractivity contribution in [2.75, 3.05) is 6.54 Å². The van der Waals surface area contributed by atoms with Crippen LogP contribution >= 0.6 is 0 Å². The van der Waals surface area contributed by atoms with E-state index in [1.165, 1.54) is 23.8 Å². The highest BCUT2D eigenvalue weighted by Gasteiger charge is 2.40. The molecule has 5 nitrogen and oxygen atoms in total. The molecule has 2 aromatic rings. The standard InChI is InChI=1S/C21H25FN2O3S/c1-16(13-14-17-8-3-2-4-9-17)23-21(25)19-11-7-15-24(19)28(26,27)20-12-6-5-10-18(20)22/h2-6,8-10,12,16,19H,7,11,13-15H2,1H3,(H,23,25)/t16-,19+/m0/s1. The van der Waals surface area contributed by atoms with Crippen molar-refractivity contribution in [3.63, 3.8) is 0 Å². The number of hydrogen-bond acceptors (Lipinski definition) is 3. The molecule has 150 valence electrons. The van der Waals surface area contributed by atoms with Crippen LogP contribution in [0, 0.1) is 5.82 Å². The van der Waals surface area contributed by atoms with Gasteiger partial charge in [0.05, 0.1) is 0 Å². The quantitative estimate of drug-likeness (QED) is 0.771. The van der Waals surface area contributed by atoms with Crippen LogP contribution in [0.4, 0.5) is 4.39 Å². The van der Waals surface area contributed by atoms with Gasteiger partial charge in [-0.25, -0.2) is 12.8 Å². The second-order valence-electron chi connectivity index (χ2n) is 7.14. The Morgan fingerprint density at radius 2 is 1.86 bits per heavy atom. The lowest BCUT2D eigenvalue weighted by atomic mass is 10.1. The predicted molar refractivity (Wildman–Crippen MR) is 106 cm³/mol. The predicted octanol–water partition coefficient (Wildman–Crippen LogP) is 3.12. The summed E-state index contributed by atoms with van der Waals surface area (Å²) in [6.07, 6.45) is 2.59. The molecule has 0 radical (unpaired) electrons. The largest absolute Gasteiger partial charge is 0.352 e. The zero-order valence-corrected chi connectivity index (χ0v) is 16.7. The van der Waals surface area contributed by atoms with Crippen LogP contribution in [0.25, 0.3) is 0 Å². The van der Waals surface area contributed by atoms with Crippen LogP contribution in [0.1, 0.15) is 31.7 Å². The average Bonchev–Trinajstić information content (AvgIpc) is 3.18. The molecule has 1 fully saturated rings. The Kier molecular flexibility index (Phi) is 6.46. The van der Waals surface area contributed by atoms with Crippen molar-refractivity contribution in [3.8, 4) is 0 Å². The molecule has 2 aromatic carbocycles. The van der Waals surface area contributed by atoms with Crippen LogP contribution in [-0.2, 0) is 21.2 Å². The number of sulfonamides is 1. The third-order valence-electron chi connectivity index (χ3n) is 5.03. The van der Waals surface area contributed by atoms with E-state index in [1.807, 2.05) is 37.3 Å². The van der Waals surface area contributed by atoms with E-state index in [4.69, 9.17) is 0 Å². The molecule has 1 aliphatic heterocycles. The lowest BCUT2D eigenvalue weighted by Gasteiger charge is -2.25. The van der Waals surface area contributed by atoms with Crippen LogP contribution in [0.15, 0.2) is 59.5 Å². The zero-order chi connectivity index (χ0) is 20.1. The lowest BCUT2D eigenvalue weighted by molar-refractivity contribution is -0.124. The summed E-state index contributed by atoms with van der Waals surface area (Å²) in [5, 5.41) is 2.92. The normalized spacial score (nSPS) is 18.7. The molecule has 0 saturated carbocycles. The van der Waals surface area contributed by atoms with Crippen molar-refractivity contribution in [3.05, 3.63) is 66.0 Å². The highest BCUT2D eigenvalue weighted by atomic mass is 32.2. The van der Waals surface area contributed by atoms with Crippen molar-refractivity contribution in [2.45, 2.75) is 49.6 Å². The molecular formula is C21H25FN2O3S. The summed E-state index contributed by atoms with van der Waals surface area (Å²) in [5.41, 5.74) is 1.19. The highest BCUT2D eigenvalue weighted by molar-refractivity contribution is 7.89. The van der Waals surface area contributed by atoms with Gasteiger partial charge >= 0.3 is 0 Å². The summed E-state index contributed by atoms with van der Waals surface area (Å²) in [7, 11) is -4.06. The summed E-state index contributed by atoms with van der Waals surface area (Å²) in [6, 6.07) is 14.4. The van der Waals surface area contributed by atoms with Gasteiger partial charge in [-0.1, -0.05) is 42.5 Å². The maximum Gasteiger partial charge on any atom is 0.246 e. The molecule has 0 aliphatic carbocycles. The summed E-state index contributed by atoms with van der Waals surface area (Å²) in [6.45, 7) is 2.12. The lowest BCUT2D eigenvalue weighted by Crippen LogP contribution is -2.48. The first kappa shape index (κ1) is 20.5. The van der Waals surface area contributed by atoms with E-state index < -0.39 is 21.9 Å². The molecule has 0 unspecified atom stereocenters. The molecule has 0 aromatic heterocycles. The number of aryl methyl sites for hydroxylation is 1. The topological polar surface area (TPSA) is 66.5 Å². The van der Waals surface area contributed by atoms with Gasteiger partial charge in [-0.15, -0.1) is 0 Å². The van der Waals surface area contributed by atoms with Crippen molar-refractivity contribution < 1.29 is 17.6 Å². The summed E-state index contributed by atoms with van der Waals surface area (Å²) in [5.74, 6) is -1.12. The number of benzene rings is 2. The minimum absolute atomic E-state index is 0.0914. The van der Waals surface area contributed by atoms with Gasteiger partial charge in [0.2, 0.25) is 15.9 Å². The molecule has 7 heteroatoms. The van der Waals surface area contributed by atoms with Crippen LogP contribution in [0.2, 0.25) is 0 Å². The first-order valence-electron chi connectivity index (χ1n) is 9.50. The van der Waals surface area contributed by atoms with E-state index in [0.29, 0.717) is 12.8 Å². The fraction of sp³-hybridized carbons (Fsp3) is 0.381. The van der Waals surface area contributed by atoms with Crippen molar-refractivity contribution >= 4 is 15.9 Å². The van der Waals surface area contributed by atoms with Crippen LogP contribution in [0.3, 0.4) is 0 Å². The molecular weight excluding hydrogens is 379 g/mol. The monoisotopic (exact) mass is 404 g/mol. The van der Waals surface area contributed by atoms with Crippen LogP contribution < -0.4 is 5.32 Å². The van der Waals surface area contributed by atoms with Crippen LogP contribution in [-0.4, -0.2) is 37.3 Å². The molecule has 2 atom stereocenters. The first-order valence-corrected chi connectivity index (χ1v) is 10.9. The van der Waals surface area contributed by atoms with Gasteiger partial charge in [-0.05, 0) is 50.3 Å². The smallest absolute Gasteiger partial charge is 0.246 e. The van der Waals surface area contributed by atoms with Gasteiger partial charge in [-0.3, -0.25) is 4.79 Å². The number of carbonyl (C=O) groups is 1. The molecule has 28 heavy (non-hydrogen) atoms. The minimum Gasteiger partial charge on any atom is -0.352 e. The van der Waals surface area contributed by atoms with Crippen molar-refractivity contribution in [1.82, 2.24) is 9.62 Å². The number of carbonyl (C=O) groups excluding carboxylic acids is 1. The van der Waals surface area contributed by atoms with Gasteiger partial charge in [-0.2, -0.15) is 4.31 Å². The van der Waals surface area contributed by atoms with E-state index in [0.717, 1.165) is 23.2 Å². The zero-order valence-electron chi connectivity index (χ0n) is 15.8. The van der Waals surface area contributed by atoms with Crippen molar-refractivity contribution in [2.24, 2.45) is 0 Å². The van der Waals surface area contributed by atoms with Crippen LogP contribution in [0.5, 0.6) is 0 Å². The molecule has 1 aliphatic rings. The molecule has 0 bridgehead atoms. The maximum atomic E-state index is 14.0. The third kappa shape index (κ3) is 4.59. The highest BCUT2D eigenvalue weighted by Crippen LogP contribution is 2.27. The van der Waals surface area contributed by atoms with E-state index >= 15 is 0 Å². The Hall–Kier alpha value is -2.25. The number of nitrogens with zero attached hydrogens (tertiary/aromatic N) is 1. The minimum atomic E-state index is -4.06. The second kappa shape index (κ2) is 8.84. The van der Waals surface area contributed by atoms with E-state index in [-0.39, 0.29) is 23.4 Å². The van der Waals surface area contributed by atoms with Gasteiger partial charge in [0.25, 0.3) is 0 Å². The van der Waals surface area contributed by atoms with Crippen molar-refractivity contribution in [1.29, 1.82) is 0 Å². The van der Waals surface area contributed by atoms with Gasteiger partial charge < -0.3 is 5.32 Å². The number of halogens is 1. The second-order valence-corrected chi connectivity index (χ2v) is 9.00. The Labute approximate surface area is 165 Å². The number of rotatable bonds is 7. The van der Waals surface area contributed by atoms with Gasteiger partial charge in [0.1, 0.15) is 16.8 Å². The molecule has 3 rings (SSSR count). The average molecular weight is 405 g/mol. The first-order chi connectivity index (χ1) is 13.4. The summed E-state index contributed by atoms with van der Waals surface area (Å²) >= 11 is 0. The Morgan fingerprint density at radius 1 is 1.18 bits per heavy atom. The number of amides is 1. The molecule has 1 saturated heterocycles. The summed E-state index contributed by atoms with van der Waals surface area (Å²) < 4.78 is 40.9. The molecule has 1 heterocycles. The third-order valence-corrected chi connectivity index (χ3v) is 6.97. The number of nitrogens with one attached hydrogen (secondary N) is 1. The van der Waals surface area contributed by atoms with E-state index in [9.17, 15) is 17.6 Å². The Balaban J connectivity index is 1.65. The Bertz CT molecular complexity index is 918. The van der Waals surface area contributed by atoms with E-state index in [2.05, 4.69) is 5.32 Å². The SMILES string of the molecule is C[C@@H](CCc1ccccc1)NC(=O)[C@H]1CCCN1S(=O)(=O)c1ccccc1F. The molecule has 0 spiro atoms. The fourth-order valence-electron chi connectivity index (χ4n) is 3.51. The van der Waals surface area contributed by atoms with Gasteiger partial charge in [0, 0.05) is 12.6 Å². The van der Waals surface area contributed by atoms with E-state index in [1.54, 1.807) is 0 Å². The fourth-order valence-corrected chi connectivity index (χ4v) is 5.23.